The fraction of sp³-hybridized carbons (Fsp3) is 0.722. The van der Waals surface area contributed by atoms with Crippen molar-refractivity contribution in [1.29, 1.82) is 0 Å². The molecule has 134 valence electrons. The third kappa shape index (κ3) is 4.90. The van der Waals surface area contributed by atoms with Crippen LogP contribution in [0.3, 0.4) is 0 Å². The van der Waals surface area contributed by atoms with Crippen molar-refractivity contribution in [2.45, 2.75) is 83.8 Å². The Labute approximate surface area is 144 Å². The number of imidazole rings is 1. The third-order valence-corrected chi connectivity index (χ3v) is 4.65. The van der Waals surface area contributed by atoms with Crippen LogP contribution in [-0.4, -0.2) is 30.7 Å². The summed E-state index contributed by atoms with van der Waals surface area (Å²) in [5.74, 6) is 0.384. The largest absolute Gasteiger partial charge is 0.391 e. The highest BCUT2D eigenvalue weighted by molar-refractivity contribution is 5.81. The van der Waals surface area contributed by atoms with Crippen molar-refractivity contribution >= 4 is 17.0 Å². The summed E-state index contributed by atoms with van der Waals surface area (Å²) in [6.45, 7) is 4.07. The minimum Gasteiger partial charge on any atom is -0.391 e. The molecule has 0 aliphatic carbocycles. The maximum Gasteiger partial charge on any atom is 0.165 e. The summed E-state index contributed by atoms with van der Waals surface area (Å²) in [5, 5.41) is 10.2. The average molecular weight is 333 g/mol. The molecule has 0 amide bonds. The summed E-state index contributed by atoms with van der Waals surface area (Å²) < 4.78 is 1.94. The van der Waals surface area contributed by atoms with Crippen LogP contribution in [0.5, 0.6) is 0 Å². The number of hydrogen-bond donors (Lipinski definition) is 2. The molecule has 2 aromatic heterocycles. The second kappa shape index (κ2) is 9.57. The summed E-state index contributed by atoms with van der Waals surface area (Å²) in [7, 11) is 0. The average Bonchev–Trinajstić information content (AvgIpc) is 2.98. The first-order chi connectivity index (χ1) is 11.6. The number of rotatable bonds is 11. The fourth-order valence-corrected chi connectivity index (χ4v) is 3.21. The van der Waals surface area contributed by atoms with Gasteiger partial charge in [-0.2, -0.15) is 0 Å². The van der Waals surface area contributed by atoms with E-state index in [-0.39, 0.29) is 6.04 Å². The van der Waals surface area contributed by atoms with E-state index >= 15 is 0 Å². The number of anilines is 1. The van der Waals surface area contributed by atoms with Crippen molar-refractivity contribution in [1.82, 2.24) is 19.5 Å². The lowest BCUT2D eigenvalue weighted by molar-refractivity contribution is 0.124. The number of nitrogens with two attached hydrogens (primary N) is 1. The molecule has 6 heteroatoms. The molecule has 2 atom stereocenters. The van der Waals surface area contributed by atoms with Crippen molar-refractivity contribution < 1.29 is 5.11 Å². The monoisotopic (exact) mass is 333 g/mol. The van der Waals surface area contributed by atoms with Gasteiger partial charge in [0.2, 0.25) is 0 Å². The number of hydrogen-bond acceptors (Lipinski definition) is 5. The van der Waals surface area contributed by atoms with Gasteiger partial charge in [-0.15, -0.1) is 0 Å². The number of nitrogen functional groups attached to an aromatic ring is 1. The van der Waals surface area contributed by atoms with Crippen LogP contribution in [0.4, 0.5) is 5.82 Å². The molecule has 0 aliphatic heterocycles. The highest BCUT2D eigenvalue weighted by atomic mass is 16.3. The molecule has 0 radical (unpaired) electrons. The molecule has 6 nitrogen and oxygen atoms in total. The number of fused-ring (bicyclic) bond motifs is 1. The fourth-order valence-electron chi connectivity index (χ4n) is 3.21. The molecule has 2 aromatic rings. The molecule has 0 saturated heterocycles. The van der Waals surface area contributed by atoms with E-state index < -0.39 is 6.10 Å². The second-order valence-electron chi connectivity index (χ2n) is 6.65. The second-order valence-corrected chi connectivity index (χ2v) is 6.65. The zero-order chi connectivity index (χ0) is 17.4. The van der Waals surface area contributed by atoms with Crippen LogP contribution in [0.15, 0.2) is 12.7 Å². The van der Waals surface area contributed by atoms with Crippen LogP contribution in [-0.2, 0) is 0 Å². The Hall–Kier alpha value is -1.69. The lowest BCUT2D eigenvalue weighted by Gasteiger charge is -2.21. The Bertz CT molecular complexity index is 610. The van der Waals surface area contributed by atoms with Gasteiger partial charge in [0.15, 0.2) is 11.5 Å². The first-order valence-electron chi connectivity index (χ1n) is 9.26. The van der Waals surface area contributed by atoms with E-state index in [4.69, 9.17) is 5.73 Å². The SMILES string of the molecule is CCCCCCCCCC[C@H]([C@@H](C)O)n1cnc2c(N)ncnc21. The van der Waals surface area contributed by atoms with Crippen molar-refractivity contribution in [3.05, 3.63) is 12.7 Å². The molecule has 0 bridgehead atoms. The number of unbranched alkanes of at least 4 members (excludes halogenated alkanes) is 7. The number of nitrogens with zero attached hydrogens (tertiary/aromatic N) is 4. The van der Waals surface area contributed by atoms with Crippen LogP contribution in [0.2, 0.25) is 0 Å². The third-order valence-electron chi connectivity index (χ3n) is 4.65. The molecule has 0 saturated carbocycles. The Morgan fingerprint density at radius 3 is 2.38 bits per heavy atom. The standard InChI is InChI=1S/C18H31N5O/c1-3-4-5-6-7-8-9-10-11-15(14(2)24)23-13-22-16-17(19)20-12-21-18(16)23/h12-15,24H,3-11H2,1-2H3,(H2,19,20,21)/t14-,15-/m1/s1. The van der Waals surface area contributed by atoms with E-state index in [1.165, 1.54) is 51.3 Å². The van der Waals surface area contributed by atoms with Gasteiger partial charge in [-0.05, 0) is 13.3 Å². The van der Waals surface area contributed by atoms with E-state index in [0.717, 1.165) is 12.8 Å². The first-order valence-corrected chi connectivity index (χ1v) is 9.26. The lowest BCUT2D eigenvalue weighted by atomic mass is 10.0. The molecule has 3 N–H and O–H groups in total. The minimum absolute atomic E-state index is 0.0237. The van der Waals surface area contributed by atoms with Gasteiger partial charge >= 0.3 is 0 Å². The van der Waals surface area contributed by atoms with E-state index in [0.29, 0.717) is 17.0 Å². The van der Waals surface area contributed by atoms with Crippen LogP contribution in [0.25, 0.3) is 11.2 Å². The number of aliphatic hydroxyl groups is 1. The van der Waals surface area contributed by atoms with Gasteiger partial charge in [0.1, 0.15) is 11.8 Å². The van der Waals surface area contributed by atoms with Crippen molar-refractivity contribution in [3.8, 4) is 0 Å². The molecule has 0 aliphatic rings. The number of aromatic nitrogens is 4. The molecular weight excluding hydrogens is 302 g/mol. The number of aliphatic hydroxyl groups excluding tert-OH is 1. The summed E-state index contributed by atoms with van der Waals surface area (Å²) >= 11 is 0. The zero-order valence-corrected chi connectivity index (χ0v) is 15.0. The van der Waals surface area contributed by atoms with Gasteiger partial charge in [0, 0.05) is 0 Å². The molecule has 0 fully saturated rings. The van der Waals surface area contributed by atoms with E-state index in [1.807, 2.05) is 11.5 Å². The van der Waals surface area contributed by atoms with Crippen LogP contribution in [0.1, 0.15) is 77.7 Å². The van der Waals surface area contributed by atoms with E-state index in [2.05, 4.69) is 21.9 Å². The van der Waals surface area contributed by atoms with Crippen molar-refractivity contribution in [3.63, 3.8) is 0 Å². The Kier molecular flexibility index (Phi) is 7.43. The van der Waals surface area contributed by atoms with Gasteiger partial charge in [-0.3, -0.25) is 0 Å². The summed E-state index contributed by atoms with van der Waals surface area (Å²) in [4.78, 5) is 12.6. The quantitative estimate of drug-likeness (QED) is 0.609. The topological polar surface area (TPSA) is 89.8 Å². The maximum atomic E-state index is 10.2. The van der Waals surface area contributed by atoms with Gasteiger partial charge < -0.3 is 15.4 Å². The van der Waals surface area contributed by atoms with Crippen molar-refractivity contribution in [2.24, 2.45) is 0 Å². The van der Waals surface area contributed by atoms with Gasteiger partial charge in [0.25, 0.3) is 0 Å². The highest BCUT2D eigenvalue weighted by Gasteiger charge is 2.20. The van der Waals surface area contributed by atoms with E-state index in [9.17, 15) is 5.11 Å². The molecule has 0 aromatic carbocycles. The Morgan fingerprint density at radius 1 is 1.04 bits per heavy atom. The highest BCUT2D eigenvalue weighted by Crippen LogP contribution is 2.25. The Morgan fingerprint density at radius 2 is 1.71 bits per heavy atom. The summed E-state index contributed by atoms with van der Waals surface area (Å²) in [5.41, 5.74) is 7.16. The predicted molar refractivity (Wildman–Crippen MR) is 97.7 cm³/mol. The zero-order valence-electron chi connectivity index (χ0n) is 15.0. The Balaban J connectivity index is 1.87. The normalized spacial score (nSPS) is 14.1. The van der Waals surface area contributed by atoms with Crippen molar-refractivity contribution in [2.75, 3.05) is 5.73 Å². The molecular formula is C18H31N5O. The predicted octanol–water partition coefficient (Wildman–Crippen LogP) is 3.86. The van der Waals surface area contributed by atoms with Gasteiger partial charge in [-0.25, -0.2) is 15.0 Å². The molecule has 24 heavy (non-hydrogen) atoms. The van der Waals surface area contributed by atoms with Crippen LogP contribution >= 0.6 is 0 Å². The van der Waals surface area contributed by atoms with E-state index in [1.54, 1.807) is 6.33 Å². The summed E-state index contributed by atoms with van der Waals surface area (Å²) in [6, 6.07) is -0.0237. The smallest absolute Gasteiger partial charge is 0.165 e. The molecule has 2 rings (SSSR count). The molecule has 0 unspecified atom stereocenters. The molecule has 2 heterocycles. The molecule has 0 spiro atoms. The summed E-state index contributed by atoms with van der Waals surface area (Å²) in [6.07, 6.45) is 13.9. The first kappa shape index (κ1) is 18.6. The minimum atomic E-state index is -0.455. The lowest BCUT2D eigenvalue weighted by Crippen LogP contribution is -2.21. The van der Waals surface area contributed by atoms with Gasteiger partial charge in [-0.1, -0.05) is 58.3 Å². The van der Waals surface area contributed by atoms with Crippen LogP contribution < -0.4 is 5.73 Å². The van der Waals surface area contributed by atoms with Gasteiger partial charge in [0.05, 0.1) is 18.5 Å². The van der Waals surface area contributed by atoms with Crippen LogP contribution in [0, 0.1) is 0 Å². The maximum absolute atomic E-state index is 10.2.